The standard InChI is InChI=1S/C13H22/c1-6-12-8-9(3)13(7-2)11(5)10(12)4/h8,10-11H,6-7H2,1-5H3. The van der Waals surface area contributed by atoms with Gasteiger partial charge in [-0.05, 0) is 31.6 Å². The smallest absolute Gasteiger partial charge is 0.0163 e. The van der Waals surface area contributed by atoms with Crippen molar-refractivity contribution in [3.63, 3.8) is 0 Å². The molecule has 74 valence electrons. The van der Waals surface area contributed by atoms with Crippen molar-refractivity contribution in [2.45, 2.75) is 47.5 Å². The van der Waals surface area contributed by atoms with Crippen molar-refractivity contribution in [3.05, 3.63) is 22.8 Å². The molecule has 2 unspecified atom stereocenters. The molecule has 0 bridgehead atoms. The summed E-state index contributed by atoms with van der Waals surface area (Å²) in [4.78, 5) is 0. The molecule has 0 heterocycles. The van der Waals surface area contributed by atoms with Crippen molar-refractivity contribution in [1.29, 1.82) is 0 Å². The Morgan fingerprint density at radius 3 is 2.15 bits per heavy atom. The molecule has 0 heteroatoms. The predicted molar refractivity (Wildman–Crippen MR) is 59.7 cm³/mol. The molecule has 0 spiro atoms. The Balaban J connectivity index is 3.02. The Hall–Kier alpha value is -0.520. The quantitative estimate of drug-likeness (QED) is 0.590. The molecule has 1 aliphatic carbocycles. The van der Waals surface area contributed by atoms with E-state index in [-0.39, 0.29) is 0 Å². The minimum absolute atomic E-state index is 0.753. The lowest BCUT2D eigenvalue weighted by Gasteiger charge is -2.30. The number of hydrogen-bond donors (Lipinski definition) is 0. The fraction of sp³-hybridized carbons (Fsp3) is 0.692. The summed E-state index contributed by atoms with van der Waals surface area (Å²) in [5.41, 5.74) is 4.80. The second kappa shape index (κ2) is 4.13. The Bertz CT molecular complexity index is 243. The molecule has 0 N–H and O–H groups in total. The van der Waals surface area contributed by atoms with Crippen LogP contribution in [-0.2, 0) is 0 Å². The molecule has 2 atom stereocenters. The van der Waals surface area contributed by atoms with Crippen molar-refractivity contribution < 1.29 is 0 Å². The molecule has 0 aromatic carbocycles. The van der Waals surface area contributed by atoms with E-state index < -0.39 is 0 Å². The van der Waals surface area contributed by atoms with Crippen LogP contribution in [0.25, 0.3) is 0 Å². The highest BCUT2D eigenvalue weighted by Crippen LogP contribution is 2.36. The zero-order valence-electron chi connectivity index (χ0n) is 9.65. The average molecular weight is 178 g/mol. The van der Waals surface area contributed by atoms with Gasteiger partial charge in [0, 0.05) is 0 Å². The lowest BCUT2D eigenvalue weighted by atomic mass is 9.75. The maximum Gasteiger partial charge on any atom is -0.0163 e. The summed E-state index contributed by atoms with van der Waals surface area (Å²) in [5, 5.41) is 0. The summed E-state index contributed by atoms with van der Waals surface area (Å²) in [6, 6.07) is 0. The van der Waals surface area contributed by atoms with Crippen LogP contribution in [0.2, 0.25) is 0 Å². The second-order valence-electron chi connectivity index (χ2n) is 4.21. The molecular weight excluding hydrogens is 156 g/mol. The van der Waals surface area contributed by atoms with E-state index in [1.807, 2.05) is 0 Å². The van der Waals surface area contributed by atoms with Crippen LogP contribution in [0.3, 0.4) is 0 Å². The van der Waals surface area contributed by atoms with Crippen LogP contribution in [-0.4, -0.2) is 0 Å². The van der Waals surface area contributed by atoms with Crippen molar-refractivity contribution in [2.75, 3.05) is 0 Å². The monoisotopic (exact) mass is 178 g/mol. The van der Waals surface area contributed by atoms with Crippen LogP contribution >= 0.6 is 0 Å². The SMILES string of the molecule is CCC1=CC(C)=C(CC)C(C)C1C. The minimum Gasteiger partial charge on any atom is -0.0668 e. The van der Waals surface area contributed by atoms with Crippen molar-refractivity contribution in [1.82, 2.24) is 0 Å². The fourth-order valence-corrected chi connectivity index (χ4v) is 2.51. The molecule has 0 aromatic rings. The van der Waals surface area contributed by atoms with Crippen LogP contribution in [0.15, 0.2) is 22.8 Å². The topological polar surface area (TPSA) is 0 Å². The van der Waals surface area contributed by atoms with Crippen LogP contribution in [0.5, 0.6) is 0 Å². The molecule has 0 saturated heterocycles. The van der Waals surface area contributed by atoms with E-state index in [4.69, 9.17) is 0 Å². The van der Waals surface area contributed by atoms with Crippen LogP contribution in [0.1, 0.15) is 47.5 Å². The largest absolute Gasteiger partial charge is 0.0668 e. The van der Waals surface area contributed by atoms with Gasteiger partial charge in [-0.3, -0.25) is 0 Å². The summed E-state index contributed by atoms with van der Waals surface area (Å²) in [7, 11) is 0. The van der Waals surface area contributed by atoms with E-state index in [1.165, 1.54) is 18.4 Å². The maximum atomic E-state index is 2.41. The van der Waals surface area contributed by atoms with Crippen LogP contribution in [0, 0.1) is 11.8 Å². The second-order valence-corrected chi connectivity index (χ2v) is 4.21. The van der Waals surface area contributed by atoms with E-state index in [9.17, 15) is 0 Å². The molecule has 0 aromatic heterocycles. The Morgan fingerprint density at radius 2 is 1.69 bits per heavy atom. The lowest BCUT2D eigenvalue weighted by Crippen LogP contribution is -2.17. The summed E-state index contributed by atoms with van der Waals surface area (Å²) >= 11 is 0. The molecular formula is C13H22. The Labute approximate surface area is 82.7 Å². The van der Waals surface area contributed by atoms with Crippen molar-refractivity contribution >= 4 is 0 Å². The van der Waals surface area contributed by atoms with Gasteiger partial charge in [0.15, 0.2) is 0 Å². The highest BCUT2D eigenvalue weighted by Gasteiger charge is 2.23. The average Bonchev–Trinajstić information content (AvgIpc) is 2.12. The lowest BCUT2D eigenvalue weighted by molar-refractivity contribution is 0.470. The summed E-state index contributed by atoms with van der Waals surface area (Å²) < 4.78 is 0. The van der Waals surface area contributed by atoms with E-state index in [1.54, 1.807) is 11.1 Å². The first-order valence-electron chi connectivity index (χ1n) is 5.51. The van der Waals surface area contributed by atoms with Gasteiger partial charge in [-0.25, -0.2) is 0 Å². The van der Waals surface area contributed by atoms with Gasteiger partial charge in [-0.2, -0.15) is 0 Å². The molecule has 0 amide bonds. The first-order chi connectivity index (χ1) is 6.11. The first-order valence-corrected chi connectivity index (χ1v) is 5.51. The van der Waals surface area contributed by atoms with E-state index in [0.29, 0.717) is 0 Å². The van der Waals surface area contributed by atoms with E-state index in [0.717, 1.165) is 11.8 Å². The molecule has 1 rings (SSSR count). The van der Waals surface area contributed by atoms with Crippen LogP contribution < -0.4 is 0 Å². The highest BCUT2D eigenvalue weighted by atomic mass is 14.3. The maximum absolute atomic E-state index is 2.41. The van der Waals surface area contributed by atoms with Gasteiger partial charge in [0.05, 0.1) is 0 Å². The predicted octanol–water partition coefficient (Wildman–Crippen LogP) is 4.34. The molecule has 0 aliphatic heterocycles. The zero-order chi connectivity index (χ0) is 10.0. The normalized spacial score (nSPS) is 29.2. The third kappa shape index (κ3) is 1.87. The molecule has 0 saturated carbocycles. The summed E-state index contributed by atoms with van der Waals surface area (Å²) in [6.45, 7) is 11.5. The first kappa shape index (κ1) is 10.6. The third-order valence-electron chi connectivity index (χ3n) is 3.58. The molecule has 1 aliphatic rings. The van der Waals surface area contributed by atoms with Gasteiger partial charge in [-0.1, -0.05) is 50.5 Å². The summed E-state index contributed by atoms with van der Waals surface area (Å²) in [5.74, 6) is 1.51. The van der Waals surface area contributed by atoms with Crippen molar-refractivity contribution in [3.8, 4) is 0 Å². The number of allylic oxidation sites excluding steroid dienone is 4. The van der Waals surface area contributed by atoms with E-state index in [2.05, 4.69) is 40.7 Å². The third-order valence-corrected chi connectivity index (χ3v) is 3.58. The van der Waals surface area contributed by atoms with Gasteiger partial charge >= 0.3 is 0 Å². The minimum atomic E-state index is 0.753. The fourth-order valence-electron chi connectivity index (χ4n) is 2.51. The highest BCUT2D eigenvalue weighted by molar-refractivity contribution is 5.35. The molecule has 13 heavy (non-hydrogen) atoms. The van der Waals surface area contributed by atoms with Crippen LogP contribution in [0.4, 0.5) is 0 Å². The van der Waals surface area contributed by atoms with Gasteiger partial charge < -0.3 is 0 Å². The van der Waals surface area contributed by atoms with Gasteiger partial charge in [0.25, 0.3) is 0 Å². The molecule has 0 radical (unpaired) electrons. The van der Waals surface area contributed by atoms with Gasteiger partial charge in [0.2, 0.25) is 0 Å². The Kier molecular flexibility index (Phi) is 3.35. The van der Waals surface area contributed by atoms with Gasteiger partial charge in [-0.15, -0.1) is 0 Å². The van der Waals surface area contributed by atoms with Crippen molar-refractivity contribution in [2.24, 2.45) is 11.8 Å². The Morgan fingerprint density at radius 1 is 1.08 bits per heavy atom. The molecule has 0 fully saturated rings. The summed E-state index contributed by atoms with van der Waals surface area (Å²) in [6.07, 6.45) is 4.83. The number of hydrogen-bond acceptors (Lipinski definition) is 0. The number of rotatable bonds is 2. The zero-order valence-corrected chi connectivity index (χ0v) is 9.65. The van der Waals surface area contributed by atoms with E-state index >= 15 is 0 Å². The molecule has 0 nitrogen and oxygen atoms in total. The van der Waals surface area contributed by atoms with Gasteiger partial charge in [0.1, 0.15) is 0 Å².